The van der Waals surface area contributed by atoms with Crippen LogP contribution in [-0.4, -0.2) is 33.9 Å². The minimum atomic E-state index is -0.483. The number of benzene rings is 2. The molecule has 0 saturated carbocycles. The number of hydrogen-bond acceptors (Lipinski definition) is 7. The quantitative estimate of drug-likeness (QED) is 0.456. The summed E-state index contributed by atoms with van der Waals surface area (Å²) in [6.07, 6.45) is -0.248. The molecule has 2 aromatic carbocycles. The van der Waals surface area contributed by atoms with Gasteiger partial charge in [0.1, 0.15) is 0 Å². The van der Waals surface area contributed by atoms with Crippen LogP contribution in [0.2, 0.25) is 0 Å². The van der Waals surface area contributed by atoms with E-state index in [4.69, 9.17) is 9.15 Å². The lowest BCUT2D eigenvalue weighted by molar-refractivity contribution is -0.113. The molecule has 0 spiro atoms. The molecule has 8 heteroatoms. The van der Waals surface area contributed by atoms with E-state index in [9.17, 15) is 9.59 Å². The number of anilines is 1. The number of carbonyl (C=O) groups excluding carboxylic acids is 2. The van der Waals surface area contributed by atoms with Crippen molar-refractivity contribution < 1.29 is 18.7 Å². The van der Waals surface area contributed by atoms with Gasteiger partial charge in [0.2, 0.25) is 11.8 Å². The van der Waals surface area contributed by atoms with Gasteiger partial charge < -0.3 is 14.5 Å². The number of aromatic nitrogens is 2. The van der Waals surface area contributed by atoms with Crippen molar-refractivity contribution in [3.63, 3.8) is 0 Å². The zero-order valence-electron chi connectivity index (χ0n) is 16.3. The van der Waals surface area contributed by atoms with Gasteiger partial charge in [-0.25, -0.2) is 4.79 Å². The topological polar surface area (TPSA) is 94.3 Å². The lowest BCUT2D eigenvalue weighted by Crippen LogP contribution is -2.18. The Morgan fingerprint density at radius 1 is 1.10 bits per heavy atom. The highest BCUT2D eigenvalue weighted by molar-refractivity contribution is 7.99. The van der Waals surface area contributed by atoms with Crippen LogP contribution in [0.5, 0.6) is 0 Å². The van der Waals surface area contributed by atoms with Crippen LogP contribution in [0.25, 0.3) is 11.5 Å². The third-order valence-corrected chi connectivity index (χ3v) is 4.69. The van der Waals surface area contributed by atoms with Gasteiger partial charge in [-0.3, -0.25) is 4.79 Å². The molecule has 0 bridgehead atoms. The zero-order chi connectivity index (χ0) is 20.8. The van der Waals surface area contributed by atoms with Crippen LogP contribution in [0.1, 0.15) is 29.8 Å². The van der Waals surface area contributed by atoms with E-state index in [1.165, 1.54) is 0 Å². The van der Waals surface area contributed by atoms with Crippen LogP contribution < -0.4 is 5.32 Å². The van der Waals surface area contributed by atoms with Gasteiger partial charge in [0.15, 0.2) is 0 Å². The highest BCUT2D eigenvalue weighted by atomic mass is 32.2. The fourth-order valence-corrected chi connectivity index (χ4v) is 3.11. The molecule has 0 aliphatic carbocycles. The number of nitrogens with zero attached hydrogens (tertiary/aromatic N) is 2. The van der Waals surface area contributed by atoms with Gasteiger partial charge in [-0.05, 0) is 44.5 Å². The summed E-state index contributed by atoms with van der Waals surface area (Å²) in [4.78, 5) is 24.5. The second-order valence-electron chi connectivity index (χ2n) is 6.52. The van der Waals surface area contributed by atoms with Crippen LogP contribution in [-0.2, 0) is 9.53 Å². The van der Waals surface area contributed by atoms with Crippen LogP contribution in [0, 0.1) is 6.92 Å². The fourth-order valence-electron chi connectivity index (χ4n) is 2.55. The zero-order valence-corrected chi connectivity index (χ0v) is 17.2. The second-order valence-corrected chi connectivity index (χ2v) is 7.45. The third-order valence-electron chi connectivity index (χ3n) is 3.87. The molecule has 3 aromatic rings. The maximum Gasteiger partial charge on any atom is 0.340 e. The Kier molecular flexibility index (Phi) is 6.66. The molecule has 0 aliphatic heterocycles. The summed E-state index contributed by atoms with van der Waals surface area (Å²) >= 11 is 1.13. The number of rotatable bonds is 7. The predicted octanol–water partition coefficient (Wildman–Crippen LogP) is 4.34. The van der Waals surface area contributed by atoms with Gasteiger partial charge in [-0.2, -0.15) is 0 Å². The van der Waals surface area contributed by atoms with Crippen molar-refractivity contribution in [1.82, 2.24) is 10.2 Å². The van der Waals surface area contributed by atoms with Crippen molar-refractivity contribution in [3.8, 4) is 11.5 Å². The molecule has 1 amide bonds. The summed E-state index contributed by atoms with van der Waals surface area (Å²) in [5.74, 6) is -0.310. The lowest BCUT2D eigenvalue weighted by Gasteiger charge is -2.12. The second kappa shape index (κ2) is 9.38. The molecule has 1 aromatic heterocycles. The average Bonchev–Trinajstić information content (AvgIpc) is 3.15. The molecule has 150 valence electrons. The Morgan fingerprint density at radius 2 is 1.83 bits per heavy atom. The Hall–Kier alpha value is -3.13. The monoisotopic (exact) mass is 411 g/mol. The molecular weight excluding hydrogens is 390 g/mol. The molecule has 7 nitrogen and oxygen atoms in total. The first-order valence-electron chi connectivity index (χ1n) is 9.06. The van der Waals surface area contributed by atoms with Gasteiger partial charge in [0.25, 0.3) is 5.22 Å². The molecule has 1 heterocycles. The Labute approximate surface area is 172 Å². The summed E-state index contributed by atoms with van der Waals surface area (Å²) in [5.41, 5.74) is 2.58. The van der Waals surface area contributed by atoms with E-state index < -0.39 is 5.97 Å². The number of thioether (sulfide) groups is 1. The number of nitrogens with one attached hydrogen (secondary N) is 1. The van der Waals surface area contributed by atoms with Gasteiger partial charge in [0.05, 0.1) is 23.1 Å². The Balaban J connectivity index is 1.62. The molecule has 3 rings (SSSR count). The summed E-state index contributed by atoms with van der Waals surface area (Å²) < 4.78 is 10.9. The summed E-state index contributed by atoms with van der Waals surface area (Å²) in [5, 5.41) is 11.1. The minimum Gasteiger partial charge on any atom is -0.459 e. The minimum absolute atomic E-state index is 0.0585. The number of esters is 1. The molecule has 0 unspecified atom stereocenters. The standard InChI is InChI=1S/C21H21N3O4S/c1-13(2)27-20(26)16-10-6-7-11-17(16)22-18(25)12-29-21-24-23-19(28-21)15-9-5-4-8-14(15)3/h4-11,13H,12H2,1-3H3,(H,22,25). The molecule has 0 atom stereocenters. The third kappa shape index (κ3) is 5.45. The van der Waals surface area contributed by atoms with E-state index in [0.29, 0.717) is 22.4 Å². The lowest BCUT2D eigenvalue weighted by atomic mass is 10.1. The van der Waals surface area contributed by atoms with Crippen molar-refractivity contribution in [2.75, 3.05) is 11.1 Å². The smallest absolute Gasteiger partial charge is 0.340 e. The number of aryl methyl sites for hydroxylation is 1. The highest BCUT2D eigenvalue weighted by Gasteiger charge is 2.17. The number of ether oxygens (including phenoxy) is 1. The van der Waals surface area contributed by atoms with Gasteiger partial charge in [0, 0.05) is 5.56 Å². The summed E-state index contributed by atoms with van der Waals surface area (Å²) in [7, 11) is 0. The first kappa shape index (κ1) is 20.6. The first-order chi connectivity index (χ1) is 13.9. The van der Waals surface area contributed by atoms with Crippen molar-refractivity contribution >= 4 is 29.3 Å². The predicted molar refractivity (Wildman–Crippen MR) is 111 cm³/mol. The number of amides is 1. The summed E-state index contributed by atoms with van der Waals surface area (Å²) in [6, 6.07) is 14.4. The average molecular weight is 411 g/mol. The van der Waals surface area contributed by atoms with Crippen LogP contribution in [0.4, 0.5) is 5.69 Å². The fraction of sp³-hybridized carbons (Fsp3) is 0.238. The van der Waals surface area contributed by atoms with E-state index in [1.807, 2.05) is 31.2 Å². The normalized spacial score (nSPS) is 10.8. The van der Waals surface area contributed by atoms with Crippen molar-refractivity contribution in [3.05, 3.63) is 59.7 Å². The van der Waals surface area contributed by atoms with E-state index in [-0.39, 0.29) is 17.8 Å². The van der Waals surface area contributed by atoms with E-state index in [2.05, 4.69) is 15.5 Å². The van der Waals surface area contributed by atoms with Crippen LogP contribution in [0.15, 0.2) is 58.2 Å². The number of carbonyl (C=O) groups is 2. The molecule has 29 heavy (non-hydrogen) atoms. The Bertz CT molecular complexity index is 1020. The number of hydrogen-bond donors (Lipinski definition) is 1. The van der Waals surface area contributed by atoms with Crippen molar-refractivity contribution in [1.29, 1.82) is 0 Å². The largest absolute Gasteiger partial charge is 0.459 e. The first-order valence-corrected chi connectivity index (χ1v) is 10.0. The molecule has 0 aliphatic rings. The van der Waals surface area contributed by atoms with E-state index in [0.717, 1.165) is 22.9 Å². The van der Waals surface area contributed by atoms with Crippen LogP contribution in [0.3, 0.4) is 0 Å². The van der Waals surface area contributed by atoms with Gasteiger partial charge in [-0.1, -0.05) is 42.1 Å². The molecule has 0 saturated heterocycles. The molecule has 0 fully saturated rings. The molecule has 1 N–H and O–H groups in total. The highest BCUT2D eigenvalue weighted by Crippen LogP contribution is 2.25. The van der Waals surface area contributed by atoms with Gasteiger partial charge >= 0.3 is 5.97 Å². The summed E-state index contributed by atoms with van der Waals surface area (Å²) in [6.45, 7) is 5.50. The SMILES string of the molecule is Cc1ccccc1-c1nnc(SCC(=O)Nc2ccccc2C(=O)OC(C)C)o1. The maximum absolute atomic E-state index is 12.3. The Morgan fingerprint density at radius 3 is 2.59 bits per heavy atom. The maximum atomic E-state index is 12.3. The van der Waals surface area contributed by atoms with Crippen LogP contribution >= 0.6 is 11.8 Å². The molecule has 0 radical (unpaired) electrons. The number of para-hydroxylation sites is 1. The van der Waals surface area contributed by atoms with Crippen molar-refractivity contribution in [2.24, 2.45) is 0 Å². The van der Waals surface area contributed by atoms with E-state index in [1.54, 1.807) is 38.1 Å². The van der Waals surface area contributed by atoms with E-state index >= 15 is 0 Å². The molecular formula is C21H21N3O4S. The van der Waals surface area contributed by atoms with Crippen molar-refractivity contribution in [2.45, 2.75) is 32.1 Å². The van der Waals surface area contributed by atoms with Gasteiger partial charge in [-0.15, -0.1) is 10.2 Å².